The van der Waals surface area contributed by atoms with Crippen LogP contribution in [0.15, 0.2) is 24.3 Å². The number of carbonyl (C=O) groups is 10. The number of hydrogen-bond acceptors (Lipinski definition) is 16. The van der Waals surface area contributed by atoms with Gasteiger partial charge in [-0.15, -0.1) is 0 Å². The normalized spacial score (nSPS) is 23.4. The lowest BCUT2D eigenvalue weighted by Crippen LogP contribution is -2.63. The molecule has 2 heterocycles. The monoisotopic (exact) mass is 1020 g/mol. The van der Waals surface area contributed by atoms with Crippen LogP contribution in [-0.4, -0.2) is 167 Å². The summed E-state index contributed by atoms with van der Waals surface area (Å²) >= 11 is 0. The van der Waals surface area contributed by atoms with Crippen molar-refractivity contribution in [2.45, 2.75) is 127 Å². The van der Waals surface area contributed by atoms with Crippen LogP contribution in [0.25, 0.3) is 0 Å². The highest BCUT2D eigenvalue weighted by Crippen LogP contribution is 2.26. The maximum atomic E-state index is 14.5. The number of amides is 10. The Balaban J connectivity index is 1.98. The summed E-state index contributed by atoms with van der Waals surface area (Å²) in [4.78, 5) is 136. The van der Waals surface area contributed by atoms with Gasteiger partial charge in [-0.3, -0.25) is 47.9 Å². The van der Waals surface area contributed by atoms with Crippen LogP contribution in [-0.2, 0) is 54.4 Å². The van der Waals surface area contributed by atoms with Gasteiger partial charge in [0.05, 0.1) is 25.7 Å². The van der Waals surface area contributed by atoms with Crippen molar-refractivity contribution in [3.63, 3.8) is 0 Å². The molecule has 10 amide bonds. The molecule has 2 aliphatic rings. The Morgan fingerprint density at radius 2 is 1.56 bits per heavy atom. The van der Waals surface area contributed by atoms with E-state index in [0.717, 1.165) is 21.6 Å². The lowest BCUT2D eigenvalue weighted by Gasteiger charge is -2.31. The van der Waals surface area contributed by atoms with E-state index in [1.807, 2.05) is 6.92 Å². The van der Waals surface area contributed by atoms with E-state index >= 15 is 0 Å². The molecule has 2 aliphatic heterocycles. The number of nitrogens with one attached hydrogen (secondary N) is 8. The Morgan fingerprint density at radius 3 is 2.19 bits per heavy atom. The van der Waals surface area contributed by atoms with Crippen LogP contribution in [0.5, 0.6) is 5.75 Å². The molecule has 14 N–H and O–H groups in total. The Kier molecular flexibility index (Phi) is 25.2. The summed E-state index contributed by atoms with van der Waals surface area (Å²) in [6.45, 7) is 6.01. The molecule has 0 aliphatic carbocycles. The summed E-state index contributed by atoms with van der Waals surface area (Å²) < 4.78 is 5.54. The maximum absolute atomic E-state index is 14.5. The van der Waals surface area contributed by atoms with Crippen LogP contribution < -0.4 is 58.7 Å². The number of nitrogens with two attached hydrogens (primary N) is 2. The maximum Gasteiger partial charge on any atom is 0.246 e. The summed E-state index contributed by atoms with van der Waals surface area (Å²) in [5.41, 5.74) is 11.8. The van der Waals surface area contributed by atoms with Gasteiger partial charge in [0.15, 0.2) is 0 Å². The molecule has 2 saturated heterocycles. The van der Waals surface area contributed by atoms with Crippen LogP contribution in [0, 0.1) is 5.92 Å². The number of rotatable bonds is 19. The summed E-state index contributed by atoms with van der Waals surface area (Å²) in [6.07, 6.45) is -1.16. The first kappa shape index (κ1) is 58.6. The first-order valence-corrected chi connectivity index (χ1v) is 25.7. The van der Waals surface area contributed by atoms with Gasteiger partial charge in [0.2, 0.25) is 59.1 Å². The Labute approximate surface area is 414 Å². The fourth-order valence-corrected chi connectivity index (χ4v) is 9.58. The third-order valence-corrected chi connectivity index (χ3v) is 13.8. The third kappa shape index (κ3) is 18.9. The van der Waals surface area contributed by atoms with E-state index < -0.39 is 133 Å². The van der Waals surface area contributed by atoms with E-state index in [2.05, 4.69) is 42.5 Å². The molecular formula is C44H69N11O13S2. The average molecular weight is 1020 g/mol. The molecule has 3 rings (SSSR count). The molecule has 70 heavy (non-hydrogen) atoms. The van der Waals surface area contributed by atoms with Gasteiger partial charge in [-0.1, -0.05) is 54.0 Å². The third-order valence-electron chi connectivity index (χ3n) is 11.4. The first-order chi connectivity index (χ1) is 33.3. The molecule has 0 saturated carbocycles. The summed E-state index contributed by atoms with van der Waals surface area (Å²) in [7, 11) is 2.25. The van der Waals surface area contributed by atoms with Crippen molar-refractivity contribution in [2.75, 3.05) is 44.5 Å². The Morgan fingerprint density at radius 1 is 0.886 bits per heavy atom. The number of hydrogen-bond donors (Lipinski definition) is 12. The Bertz CT molecular complexity index is 1980. The molecule has 390 valence electrons. The molecule has 0 spiro atoms. The minimum atomic E-state index is -1.74. The molecule has 0 unspecified atom stereocenters. The van der Waals surface area contributed by atoms with Gasteiger partial charge in [-0.2, -0.15) is 0 Å². The van der Waals surface area contributed by atoms with E-state index in [9.17, 15) is 53.1 Å². The standard InChI is InChI=1S/C44H69N11O13S2/c1-5-24(3)36-42(65)54-37(25(4)57)43(66)51-30(20-33(46)58)39(62)52-31(22-70-69-18-15-34(59)49-29(40(63)53-36)19-26-11-13-27(14-12-26)68-6-2)44(67)55-17-8-10-32(55)41(64)50-28(9-7-16-45)38(61)47-21-35(60)48-23-56/h11-14,24-25,28-32,36-37,56-57H,5-10,15-23,45H2,1-4H3,(H2,46,58)(H,47,61)(H,48,60)(H,49,59)(H,50,64)(H,51,66)(H,52,62)(H,53,63)(H,54,65)/t24-,25+,28-,29+,30-,31-,32-,36-,37-/m0/s1. The van der Waals surface area contributed by atoms with E-state index in [4.69, 9.17) is 21.3 Å². The van der Waals surface area contributed by atoms with Crippen LogP contribution in [0.1, 0.15) is 78.2 Å². The van der Waals surface area contributed by atoms with Crippen molar-refractivity contribution in [1.82, 2.24) is 47.4 Å². The van der Waals surface area contributed by atoms with Crippen LogP contribution >= 0.6 is 21.6 Å². The number of benzene rings is 1. The number of nitrogens with zero attached hydrogens (tertiary/aromatic N) is 1. The van der Waals surface area contributed by atoms with E-state index in [-0.39, 0.29) is 50.3 Å². The lowest BCUT2D eigenvalue weighted by molar-refractivity contribution is -0.142. The zero-order valence-electron chi connectivity index (χ0n) is 39.9. The van der Waals surface area contributed by atoms with E-state index in [0.29, 0.717) is 37.2 Å². The number of likely N-dealkylation sites (tertiary alicyclic amines) is 1. The molecule has 9 atom stereocenters. The quantitative estimate of drug-likeness (QED) is 0.0473. The smallest absolute Gasteiger partial charge is 0.246 e. The van der Waals surface area contributed by atoms with Crippen molar-refractivity contribution in [3.8, 4) is 5.75 Å². The fraction of sp³-hybridized carbons (Fsp3) is 0.636. The zero-order valence-corrected chi connectivity index (χ0v) is 41.5. The highest BCUT2D eigenvalue weighted by Gasteiger charge is 2.41. The summed E-state index contributed by atoms with van der Waals surface area (Å²) in [5, 5.41) is 39.8. The van der Waals surface area contributed by atoms with Gasteiger partial charge in [-0.05, 0) is 69.7 Å². The molecular weight excluding hydrogens is 955 g/mol. The predicted molar refractivity (Wildman–Crippen MR) is 259 cm³/mol. The Hall–Kier alpha value is -5.70. The van der Waals surface area contributed by atoms with Crippen molar-refractivity contribution >= 4 is 80.7 Å². The molecule has 24 nitrogen and oxygen atoms in total. The highest BCUT2D eigenvalue weighted by atomic mass is 33.1. The second-order valence-electron chi connectivity index (χ2n) is 16.8. The number of ether oxygens (including phenoxy) is 1. The molecule has 2 fully saturated rings. The SMILES string of the molecule is CCOc1ccc(C[C@H]2NC(=O)CCSSC[C@@H](C(=O)N3CCC[C@H]3C(=O)N[C@@H](CCCN)C(=O)NCC(=O)NCO)NC(=O)[C@H](CC(N)=O)NC(=O)[C@H]([C@@H](C)O)NC(=O)[C@H]([C@@H](C)CC)NC2=O)cc1. The number of carbonyl (C=O) groups excluding carboxylic acids is 10. The van der Waals surface area contributed by atoms with Crippen molar-refractivity contribution in [2.24, 2.45) is 17.4 Å². The van der Waals surface area contributed by atoms with Crippen LogP contribution in [0.2, 0.25) is 0 Å². The van der Waals surface area contributed by atoms with Gasteiger partial charge in [0, 0.05) is 30.9 Å². The zero-order chi connectivity index (χ0) is 51.9. The summed E-state index contributed by atoms with van der Waals surface area (Å²) in [6, 6.07) is -2.73. The molecule has 1 aromatic carbocycles. The number of aliphatic hydroxyl groups excluding tert-OH is 2. The van der Waals surface area contributed by atoms with Gasteiger partial charge in [-0.25, -0.2) is 0 Å². The van der Waals surface area contributed by atoms with E-state index in [1.165, 1.54) is 11.8 Å². The van der Waals surface area contributed by atoms with Gasteiger partial charge in [0.1, 0.15) is 54.8 Å². The molecule has 0 bridgehead atoms. The second-order valence-corrected chi connectivity index (χ2v) is 19.4. The van der Waals surface area contributed by atoms with E-state index in [1.54, 1.807) is 38.1 Å². The van der Waals surface area contributed by atoms with Crippen LogP contribution in [0.4, 0.5) is 0 Å². The fourth-order valence-electron chi connectivity index (χ4n) is 7.44. The topological polar surface area (TPSA) is 372 Å². The predicted octanol–water partition coefficient (Wildman–Crippen LogP) is -3.46. The highest BCUT2D eigenvalue weighted by molar-refractivity contribution is 8.76. The minimum absolute atomic E-state index is 0.0192. The first-order valence-electron chi connectivity index (χ1n) is 23.2. The van der Waals surface area contributed by atoms with Crippen molar-refractivity contribution in [3.05, 3.63) is 29.8 Å². The van der Waals surface area contributed by atoms with Crippen molar-refractivity contribution in [1.29, 1.82) is 0 Å². The van der Waals surface area contributed by atoms with Crippen LogP contribution in [0.3, 0.4) is 0 Å². The van der Waals surface area contributed by atoms with Crippen molar-refractivity contribution < 1.29 is 62.9 Å². The second kappa shape index (κ2) is 30.1. The largest absolute Gasteiger partial charge is 0.494 e. The molecule has 0 aromatic heterocycles. The summed E-state index contributed by atoms with van der Waals surface area (Å²) in [5.74, 6) is -8.06. The molecule has 0 radical (unpaired) electrons. The minimum Gasteiger partial charge on any atom is -0.494 e. The average Bonchev–Trinajstić information content (AvgIpc) is 3.82. The van der Waals surface area contributed by atoms with Gasteiger partial charge < -0.3 is 73.9 Å². The molecule has 1 aromatic rings. The number of primary amides is 1. The van der Waals surface area contributed by atoms with Gasteiger partial charge in [0.25, 0.3) is 0 Å². The number of aliphatic hydroxyl groups is 2. The molecule has 26 heteroatoms. The lowest BCUT2D eigenvalue weighted by atomic mass is 9.96. The van der Waals surface area contributed by atoms with Gasteiger partial charge >= 0.3 is 0 Å².